The molecule has 178 valence electrons. The molecule has 0 spiro atoms. The van der Waals surface area contributed by atoms with Gasteiger partial charge in [0, 0.05) is 54.8 Å². The fourth-order valence-electron chi connectivity index (χ4n) is 5.15. The Bertz CT molecular complexity index is 1550. The Kier molecular flexibility index (Phi) is 6.16. The van der Waals surface area contributed by atoms with E-state index in [0.717, 1.165) is 70.9 Å². The molecule has 4 nitrogen and oxygen atoms in total. The summed E-state index contributed by atoms with van der Waals surface area (Å²) in [7, 11) is 2.20. The van der Waals surface area contributed by atoms with E-state index >= 15 is 0 Å². The quantitative estimate of drug-likeness (QED) is 0.294. The fourth-order valence-corrected chi connectivity index (χ4v) is 5.84. The van der Waals surface area contributed by atoms with Crippen molar-refractivity contribution in [3.63, 3.8) is 0 Å². The van der Waals surface area contributed by atoms with Crippen LogP contribution >= 0.6 is 11.3 Å². The highest BCUT2D eigenvalue weighted by molar-refractivity contribution is 7.11. The highest BCUT2D eigenvalue weighted by Crippen LogP contribution is 2.41. The Balaban J connectivity index is 1.34. The lowest BCUT2D eigenvalue weighted by Crippen LogP contribution is -2.43. The van der Waals surface area contributed by atoms with Gasteiger partial charge in [0.05, 0.1) is 5.69 Å². The minimum atomic E-state index is 0.744. The monoisotopic (exact) mass is 488 g/mol. The minimum absolute atomic E-state index is 0.744. The largest absolute Gasteiger partial charge is 0.354 e. The van der Waals surface area contributed by atoms with Crippen molar-refractivity contribution in [1.82, 2.24) is 14.8 Å². The fraction of sp³-hybridized carbons (Fsp3) is 0.194. The van der Waals surface area contributed by atoms with Gasteiger partial charge in [-0.2, -0.15) is 5.26 Å². The van der Waals surface area contributed by atoms with Crippen LogP contribution in [0.4, 0.5) is 0 Å². The Labute approximate surface area is 216 Å². The number of aromatic amines is 1. The molecular weight excluding hydrogens is 460 g/mol. The van der Waals surface area contributed by atoms with E-state index in [1.165, 1.54) is 28.0 Å². The molecular formula is C31H28N4S. The second kappa shape index (κ2) is 9.75. The molecule has 1 fully saturated rings. The maximum Gasteiger partial charge on any atom is 0.112 e. The maximum absolute atomic E-state index is 9.72. The molecule has 3 heterocycles. The van der Waals surface area contributed by atoms with Crippen molar-refractivity contribution < 1.29 is 0 Å². The number of hydrogen-bond donors (Lipinski definition) is 1. The zero-order chi connectivity index (χ0) is 24.5. The zero-order valence-electron chi connectivity index (χ0n) is 20.4. The van der Waals surface area contributed by atoms with Crippen LogP contribution in [0.2, 0.25) is 0 Å². The number of benzene rings is 3. The number of rotatable bonds is 5. The molecule has 1 saturated heterocycles. The average molecular weight is 489 g/mol. The van der Waals surface area contributed by atoms with Gasteiger partial charge < -0.3 is 9.88 Å². The summed E-state index contributed by atoms with van der Waals surface area (Å²) >= 11 is 1.49. The number of fused-ring (bicyclic) bond motifs is 1. The Morgan fingerprint density at radius 3 is 2.44 bits per heavy atom. The van der Waals surface area contributed by atoms with E-state index in [1.807, 2.05) is 11.4 Å². The molecule has 0 atom stereocenters. The van der Waals surface area contributed by atoms with Gasteiger partial charge in [0.1, 0.15) is 10.9 Å². The number of likely N-dealkylation sites (N-methyl/N-ethyl adjacent to an activating group) is 1. The summed E-state index contributed by atoms with van der Waals surface area (Å²) in [6.45, 7) is 5.55. The van der Waals surface area contributed by atoms with Crippen LogP contribution in [0.3, 0.4) is 0 Å². The third kappa shape index (κ3) is 4.36. The average Bonchev–Trinajstić information content (AvgIpc) is 3.54. The smallest absolute Gasteiger partial charge is 0.112 e. The minimum Gasteiger partial charge on any atom is -0.354 e. The number of para-hydroxylation sites is 1. The molecule has 6 rings (SSSR count). The SMILES string of the molecule is CN1CCN(Cc2ccc(-c3cccc(-c4[nH]c5ccccc5c4-c4ccsc4C#N)c3)cc2)CC1. The summed E-state index contributed by atoms with van der Waals surface area (Å²) in [6, 6.07) is 30.5. The van der Waals surface area contributed by atoms with Crippen LogP contribution in [0.1, 0.15) is 10.4 Å². The summed E-state index contributed by atoms with van der Waals surface area (Å²) in [5.74, 6) is 0. The van der Waals surface area contributed by atoms with Crippen LogP contribution in [0.25, 0.3) is 44.4 Å². The highest BCUT2D eigenvalue weighted by Gasteiger charge is 2.19. The number of nitrogens with one attached hydrogen (secondary N) is 1. The lowest BCUT2D eigenvalue weighted by Gasteiger charge is -2.32. The predicted octanol–water partition coefficient (Wildman–Crippen LogP) is 6.85. The number of nitrogens with zero attached hydrogens (tertiary/aromatic N) is 3. The molecule has 0 aliphatic carbocycles. The molecule has 0 radical (unpaired) electrons. The number of nitriles is 1. The van der Waals surface area contributed by atoms with Gasteiger partial charge in [-0.15, -0.1) is 11.3 Å². The van der Waals surface area contributed by atoms with Crippen molar-refractivity contribution >= 4 is 22.2 Å². The summed E-state index contributed by atoms with van der Waals surface area (Å²) in [5, 5.41) is 12.9. The van der Waals surface area contributed by atoms with E-state index in [4.69, 9.17) is 0 Å². The van der Waals surface area contributed by atoms with Crippen LogP contribution < -0.4 is 0 Å². The van der Waals surface area contributed by atoms with Gasteiger partial charge in [0.2, 0.25) is 0 Å². The third-order valence-corrected chi connectivity index (χ3v) is 8.00. The van der Waals surface area contributed by atoms with Crippen LogP contribution in [0.5, 0.6) is 0 Å². The van der Waals surface area contributed by atoms with Gasteiger partial charge in [-0.05, 0) is 52.9 Å². The van der Waals surface area contributed by atoms with Gasteiger partial charge >= 0.3 is 0 Å². The second-order valence-corrected chi connectivity index (χ2v) is 10.5. The first-order chi connectivity index (χ1) is 17.7. The first kappa shape index (κ1) is 22.8. The van der Waals surface area contributed by atoms with Crippen molar-refractivity contribution in [2.75, 3.05) is 33.2 Å². The molecule has 2 aromatic heterocycles. The number of H-pyrrole nitrogens is 1. The van der Waals surface area contributed by atoms with Gasteiger partial charge in [-0.1, -0.05) is 60.7 Å². The standard InChI is InChI=1S/C31H28N4S/c1-34-14-16-35(17-15-34)21-22-9-11-23(12-10-22)24-5-4-6-25(19-24)31-30(27-13-18-36-29(27)20-32)26-7-2-3-8-28(26)33-31/h2-13,18-19,33H,14-17,21H2,1H3. The zero-order valence-corrected chi connectivity index (χ0v) is 21.2. The third-order valence-electron chi connectivity index (χ3n) is 7.18. The first-order valence-electron chi connectivity index (χ1n) is 12.4. The van der Waals surface area contributed by atoms with Crippen LogP contribution in [-0.4, -0.2) is 48.0 Å². The van der Waals surface area contributed by atoms with E-state index in [9.17, 15) is 5.26 Å². The Hall–Kier alpha value is -3.69. The molecule has 5 aromatic rings. The predicted molar refractivity (Wildman–Crippen MR) is 150 cm³/mol. The summed E-state index contributed by atoms with van der Waals surface area (Å²) in [4.78, 5) is 9.31. The summed E-state index contributed by atoms with van der Waals surface area (Å²) in [6.07, 6.45) is 0. The van der Waals surface area contributed by atoms with Crippen LogP contribution in [0, 0.1) is 11.3 Å². The molecule has 1 aliphatic rings. The van der Waals surface area contributed by atoms with E-state index in [2.05, 4.69) is 101 Å². The number of thiophene rings is 1. The molecule has 1 aliphatic heterocycles. The number of aromatic nitrogens is 1. The molecule has 36 heavy (non-hydrogen) atoms. The van der Waals surface area contributed by atoms with Crippen LogP contribution in [0.15, 0.2) is 84.2 Å². The van der Waals surface area contributed by atoms with E-state index in [1.54, 1.807) is 0 Å². The van der Waals surface area contributed by atoms with Crippen molar-refractivity contribution in [3.8, 4) is 39.6 Å². The Morgan fingerprint density at radius 2 is 1.64 bits per heavy atom. The van der Waals surface area contributed by atoms with E-state index in [0.29, 0.717) is 0 Å². The van der Waals surface area contributed by atoms with Crippen LogP contribution in [-0.2, 0) is 6.54 Å². The summed E-state index contributed by atoms with van der Waals surface area (Å²) < 4.78 is 0. The van der Waals surface area contributed by atoms with Crippen molar-refractivity contribution in [1.29, 1.82) is 5.26 Å². The van der Waals surface area contributed by atoms with Crippen molar-refractivity contribution in [2.45, 2.75) is 6.54 Å². The van der Waals surface area contributed by atoms with E-state index < -0.39 is 0 Å². The number of piperazine rings is 1. The molecule has 3 aromatic carbocycles. The maximum atomic E-state index is 9.72. The van der Waals surface area contributed by atoms with E-state index in [-0.39, 0.29) is 0 Å². The highest BCUT2D eigenvalue weighted by atomic mass is 32.1. The van der Waals surface area contributed by atoms with Gasteiger partial charge in [0.15, 0.2) is 0 Å². The van der Waals surface area contributed by atoms with Gasteiger partial charge in [-0.25, -0.2) is 0 Å². The van der Waals surface area contributed by atoms with Crippen molar-refractivity contribution in [2.24, 2.45) is 0 Å². The molecule has 5 heteroatoms. The second-order valence-electron chi connectivity index (χ2n) is 9.55. The molecule has 0 saturated carbocycles. The molecule has 0 unspecified atom stereocenters. The molecule has 1 N–H and O–H groups in total. The number of hydrogen-bond acceptors (Lipinski definition) is 4. The van der Waals surface area contributed by atoms with Gasteiger partial charge in [-0.3, -0.25) is 4.90 Å². The topological polar surface area (TPSA) is 46.1 Å². The Morgan fingerprint density at radius 1 is 0.861 bits per heavy atom. The molecule has 0 amide bonds. The lowest BCUT2D eigenvalue weighted by molar-refractivity contribution is 0.148. The van der Waals surface area contributed by atoms with Gasteiger partial charge in [0.25, 0.3) is 0 Å². The normalized spacial score (nSPS) is 14.8. The first-order valence-corrected chi connectivity index (χ1v) is 13.3. The summed E-state index contributed by atoms with van der Waals surface area (Å²) in [5.41, 5.74) is 9.11. The lowest BCUT2D eigenvalue weighted by atomic mass is 9.96. The van der Waals surface area contributed by atoms with Crippen molar-refractivity contribution in [3.05, 3.63) is 94.7 Å². The molecule has 0 bridgehead atoms.